The Bertz CT molecular complexity index is 1140. The number of para-hydroxylation sites is 1. The van der Waals surface area contributed by atoms with Gasteiger partial charge in [0.2, 0.25) is 0 Å². The highest BCUT2D eigenvalue weighted by molar-refractivity contribution is 9.10. The number of hydrogen-bond acceptors (Lipinski definition) is 5. The number of rotatable bonds is 7. The quantitative estimate of drug-likeness (QED) is 0.423. The van der Waals surface area contributed by atoms with Gasteiger partial charge in [-0.25, -0.2) is 10.1 Å². The van der Waals surface area contributed by atoms with Crippen LogP contribution in [-0.2, 0) is 11.8 Å². The number of methoxy groups -OCH3 is 1. The molecule has 0 radical (unpaired) electrons. The minimum Gasteiger partial charge on any atom is -0.497 e. The van der Waals surface area contributed by atoms with Crippen LogP contribution in [0.1, 0.15) is 11.3 Å². The zero-order valence-electron chi connectivity index (χ0n) is 16.8. The fourth-order valence-electron chi connectivity index (χ4n) is 2.81. The van der Waals surface area contributed by atoms with Crippen LogP contribution in [0.15, 0.2) is 62.9 Å². The number of carbonyl (C=O) groups is 1. The molecule has 0 bridgehead atoms. The first-order chi connectivity index (χ1) is 14.4. The van der Waals surface area contributed by atoms with Gasteiger partial charge >= 0.3 is 0 Å². The molecule has 1 amide bonds. The van der Waals surface area contributed by atoms with Crippen molar-refractivity contribution in [2.75, 3.05) is 13.7 Å². The molecule has 0 spiro atoms. The molecule has 9 heteroatoms. The number of halogens is 1. The first kappa shape index (κ1) is 21.4. The number of amides is 1. The summed E-state index contributed by atoms with van der Waals surface area (Å²) in [5.74, 6) is 0.716. The minimum absolute atomic E-state index is 0.224. The lowest BCUT2D eigenvalue weighted by Gasteiger charge is -2.08. The minimum atomic E-state index is -0.453. The van der Waals surface area contributed by atoms with E-state index >= 15 is 0 Å². The maximum absolute atomic E-state index is 12.8. The topological polar surface area (TPSA) is 86.8 Å². The average molecular weight is 473 g/mol. The Morgan fingerprint density at radius 1 is 1.23 bits per heavy atom. The number of ether oxygens (including phenoxy) is 2. The van der Waals surface area contributed by atoms with Gasteiger partial charge in [-0.2, -0.15) is 5.10 Å². The number of hydrogen-bond donors (Lipinski definition) is 1. The standard InChI is InChI=1S/C21H21BrN4O4/c1-14-17(21(28)26(25(14)2)15-7-5-4-6-8-15)12-23-24-20(27)13-30-19-10-9-16(29-3)11-18(19)22/h4-12H,13H2,1-3H3,(H,24,27). The molecule has 0 atom stereocenters. The molecule has 1 aromatic heterocycles. The van der Waals surface area contributed by atoms with Crippen molar-refractivity contribution in [2.24, 2.45) is 12.1 Å². The van der Waals surface area contributed by atoms with E-state index in [-0.39, 0.29) is 12.2 Å². The van der Waals surface area contributed by atoms with Crippen LogP contribution in [-0.4, -0.2) is 35.2 Å². The Morgan fingerprint density at radius 2 is 1.97 bits per heavy atom. The van der Waals surface area contributed by atoms with E-state index in [0.717, 1.165) is 11.4 Å². The molecule has 0 fully saturated rings. The normalized spacial score (nSPS) is 10.9. The van der Waals surface area contributed by atoms with Crippen molar-refractivity contribution in [1.82, 2.24) is 14.8 Å². The molecule has 1 heterocycles. The Balaban J connectivity index is 1.66. The molecule has 3 rings (SSSR count). The van der Waals surface area contributed by atoms with E-state index in [0.29, 0.717) is 21.5 Å². The van der Waals surface area contributed by atoms with Gasteiger partial charge in [0.25, 0.3) is 11.5 Å². The van der Waals surface area contributed by atoms with E-state index in [1.807, 2.05) is 37.3 Å². The van der Waals surface area contributed by atoms with Crippen molar-refractivity contribution < 1.29 is 14.3 Å². The van der Waals surface area contributed by atoms with E-state index < -0.39 is 5.91 Å². The third-order valence-electron chi connectivity index (χ3n) is 4.48. The van der Waals surface area contributed by atoms with Crippen LogP contribution >= 0.6 is 15.9 Å². The van der Waals surface area contributed by atoms with Crippen molar-refractivity contribution in [3.63, 3.8) is 0 Å². The Morgan fingerprint density at radius 3 is 2.63 bits per heavy atom. The second-order valence-corrected chi connectivity index (χ2v) is 7.21. The number of benzene rings is 2. The molecule has 3 aromatic rings. The van der Waals surface area contributed by atoms with E-state index in [4.69, 9.17) is 9.47 Å². The second kappa shape index (κ2) is 9.45. The molecule has 2 aromatic carbocycles. The van der Waals surface area contributed by atoms with Crippen molar-refractivity contribution in [1.29, 1.82) is 0 Å². The predicted molar refractivity (Wildman–Crippen MR) is 118 cm³/mol. The zero-order valence-corrected chi connectivity index (χ0v) is 18.3. The average Bonchev–Trinajstić information content (AvgIpc) is 2.96. The number of aromatic nitrogens is 2. The summed E-state index contributed by atoms with van der Waals surface area (Å²) in [6.07, 6.45) is 1.35. The molecule has 0 aliphatic rings. The fourth-order valence-corrected chi connectivity index (χ4v) is 3.28. The molecule has 0 unspecified atom stereocenters. The summed E-state index contributed by atoms with van der Waals surface area (Å²) in [6, 6.07) is 14.5. The van der Waals surface area contributed by atoms with Gasteiger partial charge in [0, 0.05) is 12.7 Å². The van der Waals surface area contributed by atoms with Crippen LogP contribution in [0, 0.1) is 6.92 Å². The van der Waals surface area contributed by atoms with E-state index in [2.05, 4.69) is 26.5 Å². The molecule has 30 heavy (non-hydrogen) atoms. The predicted octanol–water partition coefficient (Wildman–Crippen LogP) is 2.78. The van der Waals surface area contributed by atoms with E-state index in [1.54, 1.807) is 41.7 Å². The Hall–Kier alpha value is -3.33. The molecule has 0 aliphatic heterocycles. The van der Waals surface area contributed by atoms with Gasteiger partial charge in [0.1, 0.15) is 11.5 Å². The van der Waals surface area contributed by atoms with Crippen LogP contribution in [0.25, 0.3) is 5.69 Å². The van der Waals surface area contributed by atoms with Crippen molar-refractivity contribution >= 4 is 28.1 Å². The molecule has 0 aliphatic carbocycles. The lowest BCUT2D eigenvalue weighted by atomic mass is 10.3. The first-order valence-corrected chi connectivity index (χ1v) is 9.84. The largest absolute Gasteiger partial charge is 0.497 e. The van der Waals surface area contributed by atoms with Crippen molar-refractivity contribution in [3.8, 4) is 17.2 Å². The van der Waals surface area contributed by atoms with Gasteiger partial charge < -0.3 is 9.47 Å². The van der Waals surface area contributed by atoms with Gasteiger partial charge in [-0.05, 0) is 53.2 Å². The summed E-state index contributed by atoms with van der Waals surface area (Å²) in [6.45, 7) is 1.58. The van der Waals surface area contributed by atoms with Crippen LogP contribution in [0.3, 0.4) is 0 Å². The zero-order chi connectivity index (χ0) is 21.7. The molecule has 8 nitrogen and oxygen atoms in total. The molecule has 0 saturated carbocycles. The lowest BCUT2D eigenvalue weighted by molar-refractivity contribution is -0.123. The summed E-state index contributed by atoms with van der Waals surface area (Å²) in [7, 11) is 3.36. The van der Waals surface area contributed by atoms with Crippen LogP contribution in [0.4, 0.5) is 0 Å². The summed E-state index contributed by atoms with van der Waals surface area (Å²) in [5, 5.41) is 3.91. The highest BCUT2D eigenvalue weighted by atomic mass is 79.9. The van der Waals surface area contributed by atoms with Crippen LogP contribution in [0.2, 0.25) is 0 Å². The maximum atomic E-state index is 12.8. The van der Waals surface area contributed by atoms with E-state index in [9.17, 15) is 9.59 Å². The number of hydrazone groups is 1. The maximum Gasteiger partial charge on any atom is 0.280 e. The number of carbonyl (C=O) groups excluding carboxylic acids is 1. The van der Waals surface area contributed by atoms with Gasteiger partial charge in [-0.3, -0.25) is 14.3 Å². The molecular weight excluding hydrogens is 452 g/mol. The molecule has 156 valence electrons. The first-order valence-electron chi connectivity index (χ1n) is 9.04. The second-order valence-electron chi connectivity index (χ2n) is 6.35. The van der Waals surface area contributed by atoms with Crippen LogP contribution < -0.4 is 20.5 Å². The van der Waals surface area contributed by atoms with Gasteiger partial charge in [0.15, 0.2) is 6.61 Å². The highest BCUT2D eigenvalue weighted by Gasteiger charge is 2.14. The number of nitrogens with zero attached hydrogens (tertiary/aromatic N) is 3. The molecule has 0 saturated heterocycles. The monoisotopic (exact) mass is 472 g/mol. The van der Waals surface area contributed by atoms with Crippen LogP contribution in [0.5, 0.6) is 11.5 Å². The Kier molecular flexibility index (Phi) is 6.73. The third kappa shape index (κ3) is 4.62. The summed E-state index contributed by atoms with van der Waals surface area (Å²) >= 11 is 3.36. The third-order valence-corrected chi connectivity index (χ3v) is 5.10. The smallest absolute Gasteiger partial charge is 0.280 e. The molecule has 1 N–H and O–H groups in total. The van der Waals surface area contributed by atoms with Gasteiger partial charge in [-0.1, -0.05) is 18.2 Å². The summed E-state index contributed by atoms with van der Waals surface area (Å²) in [5.41, 5.74) is 4.01. The Labute approximate surface area is 181 Å². The van der Waals surface area contributed by atoms with Gasteiger partial charge in [-0.15, -0.1) is 0 Å². The molecular formula is C21H21BrN4O4. The van der Waals surface area contributed by atoms with Gasteiger partial charge in [0.05, 0.1) is 29.0 Å². The van der Waals surface area contributed by atoms with E-state index in [1.165, 1.54) is 6.21 Å². The fraction of sp³-hybridized carbons (Fsp3) is 0.190. The van der Waals surface area contributed by atoms with Crippen molar-refractivity contribution in [2.45, 2.75) is 6.92 Å². The van der Waals surface area contributed by atoms with Crippen molar-refractivity contribution in [3.05, 3.63) is 74.6 Å². The summed E-state index contributed by atoms with van der Waals surface area (Å²) in [4.78, 5) is 24.8. The highest BCUT2D eigenvalue weighted by Crippen LogP contribution is 2.28. The number of nitrogens with one attached hydrogen (secondary N) is 1. The summed E-state index contributed by atoms with van der Waals surface area (Å²) < 4.78 is 14.5. The lowest BCUT2D eigenvalue weighted by Crippen LogP contribution is -2.25. The SMILES string of the molecule is COc1ccc(OCC(=O)NN=Cc2c(C)n(C)n(-c3ccccc3)c2=O)c(Br)c1.